The smallest absolute Gasteiger partial charge is 0.306 e. The highest BCUT2D eigenvalue weighted by atomic mass is 79.9. The standard InChI is InChI=1S/C15H15BrN2O3/c1-17-14(19)10-5-8(16)6-12-13(10)9-4-7(15(20)21)2-3-11(9)18-12/h5-7,18H,2-4H2,1H3,(H,17,19)(H,20,21). The van der Waals surface area contributed by atoms with Gasteiger partial charge in [0.05, 0.1) is 11.5 Å². The molecule has 1 unspecified atom stereocenters. The van der Waals surface area contributed by atoms with Crippen LogP contribution in [-0.2, 0) is 17.6 Å². The van der Waals surface area contributed by atoms with Crippen molar-refractivity contribution >= 4 is 38.7 Å². The Kier molecular flexibility index (Phi) is 3.49. The summed E-state index contributed by atoms with van der Waals surface area (Å²) in [4.78, 5) is 26.7. The van der Waals surface area contributed by atoms with E-state index in [2.05, 4.69) is 26.2 Å². The van der Waals surface area contributed by atoms with Crippen molar-refractivity contribution in [2.24, 2.45) is 5.92 Å². The Morgan fingerprint density at radius 1 is 1.43 bits per heavy atom. The lowest BCUT2D eigenvalue weighted by Gasteiger charge is -2.19. The van der Waals surface area contributed by atoms with Gasteiger partial charge in [-0.05, 0) is 37.0 Å². The monoisotopic (exact) mass is 350 g/mol. The van der Waals surface area contributed by atoms with E-state index in [1.165, 1.54) is 0 Å². The fraction of sp³-hybridized carbons (Fsp3) is 0.333. The van der Waals surface area contributed by atoms with Crippen LogP contribution >= 0.6 is 15.9 Å². The third kappa shape index (κ3) is 2.33. The number of benzene rings is 1. The zero-order valence-corrected chi connectivity index (χ0v) is 13.1. The summed E-state index contributed by atoms with van der Waals surface area (Å²) >= 11 is 3.42. The first kappa shape index (κ1) is 14.1. The van der Waals surface area contributed by atoms with Gasteiger partial charge in [0.15, 0.2) is 0 Å². The number of halogens is 1. The molecule has 1 aromatic carbocycles. The summed E-state index contributed by atoms with van der Waals surface area (Å²) in [6.45, 7) is 0. The van der Waals surface area contributed by atoms with E-state index in [0.717, 1.165) is 26.6 Å². The number of aromatic amines is 1. The number of nitrogens with one attached hydrogen (secondary N) is 2. The average Bonchev–Trinajstić information content (AvgIpc) is 2.82. The number of rotatable bonds is 2. The highest BCUT2D eigenvalue weighted by Gasteiger charge is 2.28. The van der Waals surface area contributed by atoms with Gasteiger partial charge in [-0.2, -0.15) is 0 Å². The van der Waals surface area contributed by atoms with Crippen molar-refractivity contribution in [2.45, 2.75) is 19.3 Å². The Morgan fingerprint density at radius 2 is 2.19 bits per heavy atom. The van der Waals surface area contributed by atoms with E-state index < -0.39 is 5.97 Å². The molecule has 0 spiro atoms. The second-order valence-electron chi connectivity index (χ2n) is 5.32. The van der Waals surface area contributed by atoms with Crippen LogP contribution in [0.4, 0.5) is 0 Å². The molecular formula is C15H15BrN2O3. The second kappa shape index (κ2) is 5.18. The number of hydrogen-bond acceptors (Lipinski definition) is 2. The summed E-state index contributed by atoms with van der Waals surface area (Å²) in [5.74, 6) is -1.31. The van der Waals surface area contributed by atoms with Gasteiger partial charge in [-0.1, -0.05) is 15.9 Å². The number of carbonyl (C=O) groups is 2. The summed E-state index contributed by atoms with van der Waals surface area (Å²) in [6, 6.07) is 3.70. The predicted octanol–water partition coefficient (Wildman–Crippen LogP) is 2.48. The van der Waals surface area contributed by atoms with Crippen molar-refractivity contribution in [1.82, 2.24) is 10.3 Å². The lowest BCUT2D eigenvalue weighted by molar-refractivity contribution is -0.142. The number of carboxylic acid groups (broad SMARTS) is 1. The Balaban J connectivity index is 2.22. The minimum Gasteiger partial charge on any atom is -0.481 e. The molecule has 2 aromatic rings. The van der Waals surface area contributed by atoms with Crippen LogP contribution in [0.25, 0.3) is 10.9 Å². The number of aliphatic carboxylic acids is 1. The maximum Gasteiger partial charge on any atom is 0.306 e. The van der Waals surface area contributed by atoms with Crippen LogP contribution in [-0.4, -0.2) is 29.0 Å². The Bertz CT molecular complexity index is 751. The van der Waals surface area contributed by atoms with Crippen molar-refractivity contribution in [2.75, 3.05) is 7.05 Å². The largest absolute Gasteiger partial charge is 0.481 e. The first-order valence-electron chi connectivity index (χ1n) is 6.79. The molecular weight excluding hydrogens is 336 g/mol. The first-order valence-corrected chi connectivity index (χ1v) is 7.58. The van der Waals surface area contributed by atoms with Crippen LogP contribution in [0.15, 0.2) is 16.6 Å². The number of aromatic nitrogens is 1. The molecule has 110 valence electrons. The molecule has 0 aliphatic heterocycles. The van der Waals surface area contributed by atoms with E-state index in [-0.39, 0.29) is 11.8 Å². The Hall–Kier alpha value is -1.82. The molecule has 0 saturated carbocycles. The van der Waals surface area contributed by atoms with Crippen LogP contribution < -0.4 is 5.32 Å². The first-order chi connectivity index (χ1) is 10.0. The molecule has 1 aromatic heterocycles. The molecule has 1 heterocycles. The topological polar surface area (TPSA) is 82.2 Å². The van der Waals surface area contributed by atoms with Crippen LogP contribution in [0.1, 0.15) is 28.0 Å². The maximum atomic E-state index is 12.1. The highest BCUT2D eigenvalue weighted by Crippen LogP contribution is 2.35. The van der Waals surface area contributed by atoms with Crippen LogP contribution in [0.5, 0.6) is 0 Å². The van der Waals surface area contributed by atoms with Crippen molar-refractivity contribution < 1.29 is 14.7 Å². The van der Waals surface area contributed by atoms with Crippen LogP contribution in [0.3, 0.4) is 0 Å². The van der Waals surface area contributed by atoms with Gasteiger partial charge in [0.2, 0.25) is 0 Å². The number of amides is 1. The van der Waals surface area contributed by atoms with Gasteiger partial charge in [-0.25, -0.2) is 0 Å². The molecule has 0 fully saturated rings. The minimum absolute atomic E-state index is 0.166. The number of carbonyl (C=O) groups excluding carboxylic acids is 1. The Morgan fingerprint density at radius 3 is 2.86 bits per heavy atom. The number of hydrogen-bond donors (Lipinski definition) is 3. The molecule has 5 nitrogen and oxygen atoms in total. The van der Waals surface area contributed by atoms with E-state index >= 15 is 0 Å². The fourth-order valence-corrected chi connectivity index (χ4v) is 3.51. The molecule has 1 aliphatic rings. The predicted molar refractivity (Wildman–Crippen MR) is 82.5 cm³/mol. The van der Waals surface area contributed by atoms with Crippen molar-refractivity contribution in [3.8, 4) is 0 Å². The molecule has 21 heavy (non-hydrogen) atoms. The number of carboxylic acids is 1. The third-order valence-corrected chi connectivity index (χ3v) is 4.53. The molecule has 3 rings (SSSR count). The molecule has 1 atom stereocenters. The molecule has 6 heteroatoms. The summed E-state index contributed by atoms with van der Waals surface area (Å²) in [5.41, 5.74) is 3.46. The molecule has 1 amide bonds. The van der Waals surface area contributed by atoms with Gasteiger partial charge in [0.25, 0.3) is 5.91 Å². The van der Waals surface area contributed by atoms with Crippen LogP contribution in [0, 0.1) is 5.92 Å². The van der Waals surface area contributed by atoms with Gasteiger partial charge in [0, 0.05) is 28.1 Å². The molecule has 0 radical (unpaired) electrons. The van der Waals surface area contributed by atoms with Gasteiger partial charge in [0.1, 0.15) is 0 Å². The van der Waals surface area contributed by atoms with E-state index in [1.54, 1.807) is 13.1 Å². The van der Waals surface area contributed by atoms with Gasteiger partial charge in [-0.3, -0.25) is 9.59 Å². The van der Waals surface area contributed by atoms with Crippen molar-refractivity contribution in [3.63, 3.8) is 0 Å². The lowest BCUT2D eigenvalue weighted by atomic mass is 9.85. The van der Waals surface area contributed by atoms with Gasteiger partial charge in [-0.15, -0.1) is 0 Å². The van der Waals surface area contributed by atoms with E-state index in [0.29, 0.717) is 24.8 Å². The number of fused-ring (bicyclic) bond motifs is 3. The lowest BCUT2D eigenvalue weighted by Crippen LogP contribution is -2.22. The molecule has 3 N–H and O–H groups in total. The zero-order valence-electron chi connectivity index (χ0n) is 11.5. The summed E-state index contributed by atoms with van der Waals surface area (Å²) in [5, 5.41) is 12.7. The van der Waals surface area contributed by atoms with Crippen LogP contribution in [0.2, 0.25) is 0 Å². The zero-order chi connectivity index (χ0) is 15.1. The summed E-state index contributed by atoms with van der Waals surface area (Å²) in [6.07, 6.45) is 1.80. The second-order valence-corrected chi connectivity index (χ2v) is 6.23. The fourth-order valence-electron chi connectivity index (χ4n) is 3.05. The van der Waals surface area contributed by atoms with E-state index in [1.807, 2.05) is 6.07 Å². The Labute approximate surface area is 129 Å². The van der Waals surface area contributed by atoms with E-state index in [4.69, 9.17) is 0 Å². The SMILES string of the molecule is CNC(=O)c1cc(Br)cc2[nH]c3c(c12)CC(C(=O)O)CC3. The van der Waals surface area contributed by atoms with Gasteiger partial charge >= 0.3 is 5.97 Å². The summed E-state index contributed by atoms with van der Waals surface area (Å²) < 4.78 is 0.821. The molecule has 0 bridgehead atoms. The minimum atomic E-state index is -0.770. The van der Waals surface area contributed by atoms with Gasteiger partial charge < -0.3 is 15.4 Å². The summed E-state index contributed by atoms with van der Waals surface area (Å²) in [7, 11) is 1.59. The molecule has 1 aliphatic carbocycles. The average molecular weight is 351 g/mol. The molecule has 0 saturated heterocycles. The van der Waals surface area contributed by atoms with E-state index in [9.17, 15) is 14.7 Å². The highest BCUT2D eigenvalue weighted by molar-refractivity contribution is 9.10. The number of aryl methyl sites for hydroxylation is 1. The third-order valence-electron chi connectivity index (χ3n) is 4.07. The number of H-pyrrole nitrogens is 1. The van der Waals surface area contributed by atoms with Crippen molar-refractivity contribution in [3.05, 3.63) is 33.4 Å². The van der Waals surface area contributed by atoms with Crippen molar-refractivity contribution in [1.29, 1.82) is 0 Å². The quantitative estimate of drug-likeness (QED) is 0.778. The maximum absolute atomic E-state index is 12.1. The normalized spacial score (nSPS) is 17.5.